The van der Waals surface area contributed by atoms with Gasteiger partial charge in [-0.1, -0.05) is 18.2 Å². The van der Waals surface area contributed by atoms with Crippen molar-refractivity contribution < 1.29 is 23.9 Å². The van der Waals surface area contributed by atoms with E-state index in [0.29, 0.717) is 28.8 Å². The van der Waals surface area contributed by atoms with Crippen molar-refractivity contribution in [2.24, 2.45) is 11.8 Å². The maximum atomic E-state index is 13.4. The van der Waals surface area contributed by atoms with Gasteiger partial charge in [-0.25, -0.2) is 14.6 Å². The molecular weight excluding hydrogens is 773 g/mol. The van der Waals surface area contributed by atoms with Crippen LogP contribution in [0.1, 0.15) is 71.7 Å². The summed E-state index contributed by atoms with van der Waals surface area (Å²) in [7, 11) is 0. The number of benzene rings is 3. The Kier molecular flexibility index (Phi) is 10.4. The van der Waals surface area contributed by atoms with Crippen LogP contribution in [0.2, 0.25) is 0 Å². The van der Waals surface area contributed by atoms with Crippen molar-refractivity contribution in [1.29, 1.82) is 0 Å². The number of nitrogen functional groups attached to an aromatic ring is 1. The molecule has 5 aliphatic rings. The van der Waals surface area contributed by atoms with Gasteiger partial charge in [-0.2, -0.15) is 5.10 Å². The van der Waals surface area contributed by atoms with Crippen LogP contribution in [-0.4, -0.2) is 116 Å². The van der Waals surface area contributed by atoms with Crippen LogP contribution in [0.15, 0.2) is 79.1 Å². The van der Waals surface area contributed by atoms with Crippen LogP contribution in [0.25, 0.3) is 22.3 Å². The van der Waals surface area contributed by atoms with E-state index < -0.39 is 23.8 Å². The van der Waals surface area contributed by atoms with Crippen molar-refractivity contribution in [3.05, 3.63) is 90.3 Å². The van der Waals surface area contributed by atoms with Gasteiger partial charge in [-0.05, 0) is 112 Å². The molecule has 0 radical (unpaired) electrons. The van der Waals surface area contributed by atoms with Crippen LogP contribution in [0.5, 0.6) is 11.5 Å². The summed E-state index contributed by atoms with van der Waals surface area (Å²) in [5.41, 5.74) is 10.5. The first kappa shape index (κ1) is 39.0. The SMILES string of the molecule is Nc1ncnc2c1c(-c1ccc(Oc3ccccc3)cc1)nn2C1CCN(C[C@@H]2CCN(CC3CCN(c4ccc5c(c4)C(=O)N(C4CCC(=O)NC4=O)C5=O)CC3)C2)CC1. The van der Waals surface area contributed by atoms with Gasteiger partial charge in [0.05, 0.1) is 22.6 Å². The quantitative estimate of drug-likeness (QED) is 0.178. The van der Waals surface area contributed by atoms with E-state index in [1.165, 1.54) is 12.7 Å². The number of amides is 4. The summed E-state index contributed by atoms with van der Waals surface area (Å²) in [6, 6.07) is 22.4. The maximum Gasteiger partial charge on any atom is 0.262 e. The second kappa shape index (κ2) is 16.3. The fraction of sp³-hybridized carbons (Fsp3) is 0.413. The zero-order valence-corrected chi connectivity index (χ0v) is 34.1. The highest BCUT2D eigenvalue weighted by Crippen LogP contribution is 2.37. The standard InChI is InChI=1S/C46H50N10O5/c47-42-40-41(31-6-9-35(10-7-31)61-34-4-2-1-3-5-34)51-56(43(40)49-28-48-42)32-17-20-52(21-18-32)26-30-14-19-53(27-30)25-29-15-22-54(23-16-29)33-8-11-36-37(24-33)46(60)55(45(36)59)38-12-13-39(57)50-44(38)58/h1-11,24,28-30,32,38H,12-23,25-27H2,(H2,47,48,49)(H,50,57,58)/t30-,38?/m0/s1. The molecule has 4 saturated heterocycles. The average molecular weight is 823 g/mol. The number of fused-ring (bicyclic) bond motifs is 2. The van der Waals surface area contributed by atoms with Gasteiger partial charge in [0.15, 0.2) is 5.65 Å². The number of hydrogen-bond donors (Lipinski definition) is 2. The Morgan fingerprint density at radius 3 is 2.20 bits per heavy atom. The molecule has 3 N–H and O–H groups in total. The molecule has 0 bridgehead atoms. The number of nitrogens with zero attached hydrogens (tertiary/aromatic N) is 8. The fourth-order valence-electron chi connectivity index (χ4n) is 10.1. The van der Waals surface area contributed by atoms with Crippen molar-refractivity contribution >= 4 is 46.2 Å². The molecule has 15 nitrogen and oxygen atoms in total. The van der Waals surface area contributed by atoms with E-state index in [1.807, 2.05) is 60.7 Å². The Morgan fingerprint density at radius 2 is 1.43 bits per heavy atom. The second-order valence-electron chi connectivity index (χ2n) is 17.2. The summed E-state index contributed by atoms with van der Waals surface area (Å²) in [6.07, 6.45) is 7.11. The van der Waals surface area contributed by atoms with Crippen LogP contribution in [0, 0.1) is 11.8 Å². The van der Waals surface area contributed by atoms with Crippen LogP contribution < -0.4 is 20.7 Å². The van der Waals surface area contributed by atoms with E-state index >= 15 is 0 Å². The van der Waals surface area contributed by atoms with Crippen LogP contribution >= 0.6 is 0 Å². The molecule has 15 heteroatoms. The van der Waals surface area contributed by atoms with Gasteiger partial charge < -0.3 is 25.2 Å². The molecule has 2 aromatic heterocycles. The number of anilines is 2. The number of hydrogen-bond acceptors (Lipinski definition) is 12. The highest BCUT2D eigenvalue weighted by Gasteiger charge is 2.45. The predicted octanol–water partition coefficient (Wildman–Crippen LogP) is 5.14. The number of imide groups is 2. The van der Waals surface area contributed by atoms with E-state index in [-0.39, 0.29) is 24.8 Å². The molecule has 2 atom stereocenters. The highest BCUT2D eigenvalue weighted by atomic mass is 16.5. The molecule has 61 heavy (non-hydrogen) atoms. The van der Waals surface area contributed by atoms with Crippen molar-refractivity contribution in [2.75, 3.05) is 63.0 Å². The Labute approximate surface area is 353 Å². The first-order chi connectivity index (χ1) is 29.8. The lowest BCUT2D eigenvalue weighted by Crippen LogP contribution is -2.54. The van der Waals surface area contributed by atoms with Crippen LogP contribution in [0.3, 0.4) is 0 Å². The molecule has 0 spiro atoms. The molecule has 314 valence electrons. The lowest BCUT2D eigenvalue weighted by molar-refractivity contribution is -0.136. The van der Waals surface area contributed by atoms with Gasteiger partial charge in [-0.3, -0.25) is 29.4 Å². The van der Waals surface area contributed by atoms with E-state index in [0.717, 1.165) is 122 Å². The summed E-state index contributed by atoms with van der Waals surface area (Å²) in [6.45, 7) is 8.27. The van der Waals surface area contributed by atoms with Gasteiger partial charge >= 0.3 is 0 Å². The summed E-state index contributed by atoms with van der Waals surface area (Å²) in [5.74, 6) is 1.32. The molecule has 10 rings (SSSR count). The number of carbonyl (C=O) groups is 4. The summed E-state index contributed by atoms with van der Waals surface area (Å²) < 4.78 is 8.10. The minimum absolute atomic E-state index is 0.103. The highest BCUT2D eigenvalue weighted by molar-refractivity contribution is 6.23. The Bertz CT molecular complexity index is 2480. The minimum Gasteiger partial charge on any atom is -0.457 e. The number of likely N-dealkylation sites (tertiary alicyclic amines) is 2. The summed E-state index contributed by atoms with van der Waals surface area (Å²) in [4.78, 5) is 68.3. The van der Waals surface area contributed by atoms with Gasteiger partial charge in [0, 0.05) is 63.5 Å². The molecule has 3 aromatic carbocycles. The molecule has 0 saturated carbocycles. The van der Waals surface area contributed by atoms with E-state index in [2.05, 4.69) is 34.7 Å². The topological polar surface area (TPSA) is 172 Å². The van der Waals surface area contributed by atoms with E-state index in [1.54, 1.807) is 12.1 Å². The molecule has 7 heterocycles. The molecule has 5 aromatic rings. The second-order valence-corrected chi connectivity index (χ2v) is 17.2. The summed E-state index contributed by atoms with van der Waals surface area (Å²) in [5, 5.41) is 8.18. The van der Waals surface area contributed by atoms with Crippen molar-refractivity contribution in [2.45, 2.75) is 57.0 Å². The lowest BCUT2D eigenvalue weighted by Gasteiger charge is -2.36. The third-order valence-electron chi connectivity index (χ3n) is 13.3. The molecule has 0 aliphatic carbocycles. The zero-order valence-electron chi connectivity index (χ0n) is 34.1. The van der Waals surface area contributed by atoms with Gasteiger partial charge in [0.25, 0.3) is 11.8 Å². The molecule has 1 unspecified atom stereocenters. The summed E-state index contributed by atoms with van der Waals surface area (Å²) >= 11 is 0. The van der Waals surface area contributed by atoms with Crippen LogP contribution in [-0.2, 0) is 9.59 Å². The number of para-hydroxylation sites is 1. The third kappa shape index (κ3) is 7.72. The average Bonchev–Trinajstić information content (AvgIpc) is 3.96. The van der Waals surface area contributed by atoms with Gasteiger partial charge in [0.2, 0.25) is 11.8 Å². The third-order valence-corrected chi connectivity index (χ3v) is 13.3. The van der Waals surface area contributed by atoms with Crippen molar-refractivity contribution in [3.63, 3.8) is 0 Å². The molecule has 5 aliphatic heterocycles. The number of aromatic nitrogens is 4. The largest absolute Gasteiger partial charge is 0.457 e. The van der Waals surface area contributed by atoms with Crippen molar-refractivity contribution in [1.82, 2.24) is 39.8 Å². The van der Waals surface area contributed by atoms with Gasteiger partial charge in [-0.15, -0.1) is 0 Å². The number of ether oxygens (including phenoxy) is 1. The minimum atomic E-state index is -0.959. The molecular formula is C46H50N10O5. The Balaban J connectivity index is 0.701. The molecule has 4 fully saturated rings. The fourth-order valence-corrected chi connectivity index (χ4v) is 10.1. The maximum absolute atomic E-state index is 13.4. The smallest absolute Gasteiger partial charge is 0.262 e. The number of piperidine rings is 3. The Hall–Kier alpha value is -6.19. The number of nitrogens with two attached hydrogens (primary N) is 1. The molecule has 4 amide bonds. The number of carbonyl (C=O) groups excluding carboxylic acids is 4. The first-order valence-electron chi connectivity index (χ1n) is 21.6. The first-order valence-corrected chi connectivity index (χ1v) is 21.6. The van der Waals surface area contributed by atoms with Crippen molar-refractivity contribution in [3.8, 4) is 22.8 Å². The Morgan fingerprint density at radius 1 is 0.721 bits per heavy atom. The van der Waals surface area contributed by atoms with Crippen LogP contribution in [0.4, 0.5) is 11.5 Å². The van der Waals surface area contributed by atoms with Gasteiger partial charge in [0.1, 0.15) is 35.4 Å². The lowest BCUT2D eigenvalue weighted by atomic mass is 9.95. The van der Waals surface area contributed by atoms with E-state index in [9.17, 15) is 19.2 Å². The monoisotopic (exact) mass is 822 g/mol. The van der Waals surface area contributed by atoms with E-state index in [4.69, 9.17) is 15.6 Å². The number of rotatable bonds is 10. The zero-order chi connectivity index (χ0) is 41.6. The number of nitrogens with one attached hydrogen (secondary N) is 1. The predicted molar refractivity (Wildman–Crippen MR) is 229 cm³/mol. The normalized spacial score (nSPS) is 22.0.